The number of aliphatic imine (C=N–C) groups is 2. The van der Waals surface area contributed by atoms with Gasteiger partial charge >= 0.3 is 0 Å². The summed E-state index contributed by atoms with van der Waals surface area (Å²) in [6.45, 7) is 0.682. The van der Waals surface area contributed by atoms with Crippen molar-refractivity contribution >= 4 is 45.4 Å². The average Bonchev–Trinajstić information content (AvgIpc) is 2.57. The van der Waals surface area contributed by atoms with Gasteiger partial charge in [-0.1, -0.05) is 15.9 Å². The summed E-state index contributed by atoms with van der Waals surface area (Å²) in [6.07, 6.45) is 5.59. The van der Waals surface area contributed by atoms with Gasteiger partial charge in [-0.3, -0.25) is 4.79 Å². The van der Waals surface area contributed by atoms with Crippen LogP contribution in [0.1, 0.15) is 6.42 Å². The van der Waals surface area contributed by atoms with Crippen LogP contribution in [0.25, 0.3) is 0 Å². The molecule has 0 aromatic heterocycles. The molecule has 0 saturated carbocycles. The van der Waals surface area contributed by atoms with Crippen molar-refractivity contribution in [1.29, 1.82) is 0 Å². The van der Waals surface area contributed by atoms with Crippen LogP contribution in [0, 0.1) is 0 Å². The summed E-state index contributed by atoms with van der Waals surface area (Å²) in [7, 11) is 0. The number of halogens is 1. The number of hydrogen-bond donors (Lipinski definition) is 1. The summed E-state index contributed by atoms with van der Waals surface area (Å²) in [4.78, 5) is 22.4. The van der Waals surface area contributed by atoms with Crippen LogP contribution in [0.15, 0.2) is 44.9 Å². The number of nitrogens with one attached hydrogen (secondary N) is 1. The summed E-state index contributed by atoms with van der Waals surface area (Å²) < 4.78 is 0.910. The normalized spacial score (nSPS) is 17.6. The quantitative estimate of drug-likeness (QED) is 0.799. The van der Waals surface area contributed by atoms with Gasteiger partial charge in [0.15, 0.2) is 0 Å². The lowest BCUT2D eigenvalue weighted by Gasteiger charge is -2.20. The predicted molar refractivity (Wildman–Crippen MR) is 78.8 cm³/mol. The zero-order valence-electron chi connectivity index (χ0n) is 10.0. The van der Waals surface area contributed by atoms with Gasteiger partial charge in [0.1, 0.15) is 5.84 Å². The first kappa shape index (κ1) is 12.1. The van der Waals surface area contributed by atoms with Crippen LogP contribution in [0.2, 0.25) is 0 Å². The molecule has 5 nitrogen and oxygen atoms in total. The fourth-order valence-corrected chi connectivity index (χ4v) is 2.31. The van der Waals surface area contributed by atoms with Gasteiger partial charge in [0.2, 0.25) is 5.91 Å². The first-order valence-electron chi connectivity index (χ1n) is 5.84. The molecular formula is C13H11BrN4O. The second-order valence-electron chi connectivity index (χ2n) is 4.22. The third kappa shape index (κ3) is 2.58. The van der Waals surface area contributed by atoms with Gasteiger partial charge in [0.05, 0.1) is 24.1 Å². The number of fused-ring (bicyclic) bond motifs is 1. The second kappa shape index (κ2) is 4.97. The molecule has 1 aromatic carbocycles. The molecular weight excluding hydrogens is 308 g/mol. The Bertz CT molecular complexity index is 621. The van der Waals surface area contributed by atoms with E-state index in [2.05, 4.69) is 31.2 Å². The van der Waals surface area contributed by atoms with E-state index in [1.54, 1.807) is 12.5 Å². The third-order valence-corrected chi connectivity index (χ3v) is 3.33. The lowest BCUT2D eigenvalue weighted by Crippen LogP contribution is -2.33. The molecule has 96 valence electrons. The molecule has 0 bridgehead atoms. The maximum Gasteiger partial charge on any atom is 0.232 e. The summed E-state index contributed by atoms with van der Waals surface area (Å²) in [6, 6.07) is 5.63. The van der Waals surface area contributed by atoms with Crippen LogP contribution >= 0.6 is 15.9 Å². The minimum atomic E-state index is -0.0708. The van der Waals surface area contributed by atoms with Crippen LogP contribution in [-0.2, 0) is 4.79 Å². The Morgan fingerprint density at radius 1 is 1.37 bits per heavy atom. The van der Waals surface area contributed by atoms with E-state index >= 15 is 0 Å². The summed E-state index contributed by atoms with van der Waals surface area (Å²) in [5, 5.41) is 2.86. The highest BCUT2D eigenvalue weighted by Gasteiger charge is 2.19. The molecule has 1 N–H and O–H groups in total. The van der Waals surface area contributed by atoms with E-state index in [1.165, 1.54) is 0 Å². The number of carbonyl (C=O) groups is 1. The van der Waals surface area contributed by atoms with Crippen LogP contribution in [0.4, 0.5) is 11.4 Å². The van der Waals surface area contributed by atoms with Gasteiger partial charge in [-0.05, 0) is 24.3 Å². The maximum atomic E-state index is 11.9. The Morgan fingerprint density at radius 2 is 2.26 bits per heavy atom. The molecule has 0 unspecified atom stereocenters. The van der Waals surface area contributed by atoms with Gasteiger partial charge in [-0.2, -0.15) is 0 Å². The van der Waals surface area contributed by atoms with Crippen molar-refractivity contribution in [3.8, 4) is 0 Å². The number of amidine groups is 1. The molecule has 6 heteroatoms. The van der Waals surface area contributed by atoms with Crippen molar-refractivity contribution in [2.45, 2.75) is 6.42 Å². The second-order valence-corrected chi connectivity index (χ2v) is 5.13. The fraction of sp³-hybridized carbons (Fsp3) is 0.154. The van der Waals surface area contributed by atoms with Crippen molar-refractivity contribution in [3.05, 3.63) is 34.9 Å². The lowest BCUT2D eigenvalue weighted by atomic mass is 10.3. The maximum absolute atomic E-state index is 11.9. The molecule has 1 amide bonds. The van der Waals surface area contributed by atoms with E-state index in [1.807, 2.05) is 29.2 Å². The van der Waals surface area contributed by atoms with Crippen LogP contribution in [0.3, 0.4) is 0 Å². The van der Waals surface area contributed by atoms with Crippen molar-refractivity contribution in [2.24, 2.45) is 9.98 Å². The zero-order chi connectivity index (χ0) is 13.2. The fourth-order valence-electron chi connectivity index (χ4n) is 1.95. The summed E-state index contributed by atoms with van der Waals surface area (Å²) >= 11 is 3.39. The van der Waals surface area contributed by atoms with Gasteiger partial charge in [-0.25, -0.2) is 9.98 Å². The number of hydrogen-bond acceptors (Lipinski definition) is 4. The first-order valence-corrected chi connectivity index (χ1v) is 6.63. The van der Waals surface area contributed by atoms with Crippen molar-refractivity contribution < 1.29 is 4.79 Å². The van der Waals surface area contributed by atoms with Crippen LogP contribution in [0.5, 0.6) is 0 Å². The number of carbonyl (C=O) groups excluding carboxylic acids is 1. The highest BCUT2D eigenvalue weighted by atomic mass is 79.9. The van der Waals surface area contributed by atoms with Gasteiger partial charge < -0.3 is 10.2 Å². The summed E-state index contributed by atoms with van der Waals surface area (Å²) in [5.41, 5.74) is 1.48. The summed E-state index contributed by atoms with van der Waals surface area (Å²) in [5.74, 6) is 0.630. The molecule has 0 atom stereocenters. The number of benzene rings is 1. The molecule has 0 aliphatic carbocycles. The molecule has 19 heavy (non-hydrogen) atoms. The number of anilines is 1. The monoisotopic (exact) mass is 318 g/mol. The Balaban J connectivity index is 2.00. The molecule has 2 aliphatic heterocycles. The molecule has 0 fully saturated rings. The number of amides is 1. The predicted octanol–water partition coefficient (Wildman–Crippen LogP) is 2.68. The Hall–Kier alpha value is -1.95. The van der Waals surface area contributed by atoms with Crippen molar-refractivity contribution in [3.63, 3.8) is 0 Å². The average molecular weight is 319 g/mol. The van der Waals surface area contributed by atoms with E-state index in [0.29, 0.717) is 12.4 Å². The van der Waals surface area contributed by atoms with Gasteiger partial charge in [0.25, 0.3) is 0 Å². The smallest absolute Gasteiger partial charge is 0.232 e. The molecule has 1 aromatic rings. The molecule has 2 heterocycles. The van der Waals surface area contributed by atoms with Gasteiger partial charge in [-0.15, -0.1) is 0 Å². The molecule has 0 saturated heterocycles. The van der Waals surface area contributed by atoms with E-state index < -0.39 is 0 Å². The Labute approximate surface area is 118 Å². The van der Waals surface area contributed by atoms with Crippen LogP contribution < -0.4 is 5.32 Å². The minimum absolute atomic E-state index is 0.0708. The highest BCUT2D eigenvalue weighted by Crippen LogP contribution is 2.31. The molecule has 0 radical (unpaired) electrons. The zero-order valence-corrected chi connectivity index (χ0v) is 11.6. The third-order valence-electron chi connectivity index (χ3n) is 2.83. The Morgan fingerprint density at radius 3 is 3.05 bits per heavy atom. The van der Waals surface area contributed by atoms with E-state index in [4.69, 9.17) is 0 Å². The SMILES string of the molecule is O=C1CC(N2C=NC=CC2)=Nc2ccc(Br)cc2N1. The Kier molecular flexibility index (Phi) is 3.16. The minimum Gasteiger partial charge on any atom is -0.324 e. The first-order chi connectivity index (χ1) is 9.22. The largest absolute Gasteiger partial charge is 0.324 e. The van der Waals surface area contributed by atoms with E-state index in [9.17, 15) is 4.79 Å². The molecule has 0 spiro atoms. The topological polar surface area (TPSA) is 57.1 Å². The van der Waals surface area contributed by atoms with Gasteiger partial charge in [0, 0.05) is 17.2 Å². The van der Waals surface area contributed by atoms with Crippen LogP contribution in [-0.4, -0.2) is 29.5 Å². The van der Waals surface area contributed by atoms with Crippen molar-refractivity contribution in [1.82, 2.24) is 4.90 Å². The number of rotatable bonds is 0. The molecule has 2 aliphatic rings. The lowest BCUT2D eigenvalue weighted by molar-refractivity contribution is -0.115. The van der Waals surface area contributed by atoms with E-state index in [0.717, 1.165) is 15.8 Å². The molecule has 3 rings (SSSR count). The highest BCUT2D eigenvalue weighted by molar-refractivity contribution is 9.10. The number of nitrogens with zero attached hydrogens (tertiary/aromatic N) is 3. The van der Waals surface area contributed by atoms with Crippen molar-refractivity contribution in [2.75, 3.05) is 11.9 Å². The standard InChI is InChI=1S/C13H11BrN4O/c14-9-2-3-10-11(6-9)17-13(19)7-12(16-10)18-5-1-4-15-8-18/h1-4,6,8H,5,7H2,(H,17,19). The van der Waals surface area contributed by atoms with E-state index in [-0.39, 0.29) is 12.3 Å².